The molecule has 5 rings (SSSR count). The van der Waals surface area contributed by atoms with Gasteiger partial charge in [0, 0.05) is 5.41 Å². The number of aromatic nitrogens is 2. The van der Waals surface area contributed by atoms with Gasteiger partial charge in [-0.2, -0.15) is 0 Å². The smallest absolute Gasteiger partial charge is 0.146 e. The molecule has 18 heavy (non-hydrogen) atoms. The summed E-state index contributed by atoms with van der Waals surface area (Å²) in [6, 6.07) is 0. The average molecular weight is 264 g/mol. The second-order valence-electron chi connectivity index (χ2n) is 6.62. The quantitative estimate of drug-likeness (QED) is 0.847. The highest BCUT2D eigenvalue weighted by molar-refractivity contribution is 6.32. The zero-order chi connectivity index (χ0) is 12.3. The lowest BCUT2D eigenvalue weighted by molar-refractivity contribution is -0.00932. The van der Waals surface area contributed by atoms with E-state index in [9.17, 15) is 0 Å². The van der Waals surface area contributed by atoms with E-state index in [4.69, 9.17) is 17.3 Å². The summed E-state index contributed by atoms with van der Waals surface area (Å²) in [7, 11) is 0. The second kappa shape index (κ2) is 3.60. The van der Waals surface area contributed by atoms with E-state index in [2.05, 4.69) is 9.97 Å². The van der Waals surface area contributed by atoms with Crippen LogP contribution < -0.4 is 5.73 Å². The summed E-state index contributed by atoms with van der Waals surface area (Å²) >= 11 is 5.94. The molecule has 1 aromatic rings. The number of hydrogen-bond acceptors (Lipinski definition) is 3. The Kier molecular flexibility index (Phi) is 2.20. The van der Waals surface area contributed by atoms with Gasteiger partial charge in [-0.25, -0.2) is 9.97 Å². The van der Waals surface area contributed by atoms with E-state index in [-0.39, 0.29) is 5.41 Å². The van der Waals surface area contributed by atoms with Gasteiger partial charge in [-0.3, -0.25) is 0 Å². The first-order chi connectivity index (χ1) is 8.64. The summed E-state index contributed by atoms with van der Waals surface area (Å²) in [4.78, 5) is 9.00. The normalized spacial score (nSPS) is 41.3. The fourth-order valence-electron chi connectivity index (χ4n) is 5.02. The van der Waals surface area contributed by atoms with Crippen molar-refractivity contribution >= 4 is 17.4 Å². The Morgan fingerprint density at radius 1 is 1.11 bits per heavy atom. The number of nitrogen functional groups attached to an aromatic ring is 1. The number of halogens is 1. The molecule has 4 bridgehead atoms. The van der Waals surface area contributed by atoms with Crippen molar-refractivity contribution in [1.82, 2.24) is 9.97 Å². The Morgan fingerprint density at radius 2 is 1.67 bits per heavy atom. The number of rotatable bonds is 1. The molecule has 0 aliphatic heterocycles. The predicted molar refractivity (Wildman–Crippen MR) is 71.3 cm³/mol. The fraction of sp³-hybridized carbons (Fsp3) is 0.714. The van der Waals surface area contributed by atoms with Crippen molar-refractivity contribution in [3.8, 4) is 0 Å². The van der Waals surface area contributed by atoms with Crippen molar-refractivity contribution < 1.29 is 0 Å². The van der Waals surface area contributed by atoms with Crippen LogP contribution in [-0.2, 0) is 5.41 Å². The molecule has 4 fully saturated rings. The van der Waals surface area contributed by atoms with Gasteiger partial charge in [-0.05, 0) is 56.3 Å². The van der Waals surface area contributed by atoms with Gasteiger partial charge in [0.2, 0.25) is 0 Å². The van der Waals surface area contributed by atoms with Crippen molar-refractivity contribution in [2.75, 3.05) is 5.73 Å². The highest BCUT2D eigenvalue weighted by Gasteiger charge is 2.53. The maximum Gasteiger partial charge on any atom is 0.146 e. The lowest BCUT2D eigenvalue weighted by atomic mass is 9.49. The molecule has 0 amide bonds. The molecule has 0 unspecified atom stereocenters. The van der Waals surface area contributed by atoms with Crippen LogP contribution in [0.25, 0.3) is 0 Å². The number of nitrogens with two attached hydrogens (primary N) is 1. The molecule has 0 saturated heterocycles. The van der Waals surface area contributed by atoms with Crippen LogP contribution in [0.5, 0.6) is 0 Å². The van der Waals surface area contributed by atoms with Crippen LogP contribution in [0.1, 0.15) is 44.3 Å². The largest absolute Gasteiger partial charge is 0.382 e. The van der Waals surface area contributed by atoms with Crippen LogP contribution in [0.15, 0.2) is 6.20 Å². The molecule has 0 spiro atoms. The Bertz CT molecular complexity index is 465. The maximum absolute atomic E-state index is 5.94. The van der Waals surface area contributed by atoms with E-state index >= 15 is 0 Å². The zero-order valence-electron chi connectivity index (χ0n) is 10.4. The summed E-state index contributed by atoms with van der Waals surface area (Å²) in [5.74, 6) is 4.10. The van der Waals surface area contributed by atoms with E-state index < -0.39 is 0 Å². The number of anilines is 1. The Labute approximate surface area is 112 Å². The number of hydrogen-bond donors (Lipinski definition) is 1. The minimum absolute atomic E-state index is 0.216. The standard InChI is InChI=1S/C14H18ClN3/c15-11-7-17-13(18-12(11)16)14-4-8-1-9(5-14)3-10(2-8)6-14/h7-10H,1-6H2,(H2,16,17,18). The van der Waals surface area contributed by atoms with Gasteiger partial charge >= 0.3 is 0 Å². The highest BCUT2D eigenvalue weighted by atomic mass is 35.5. The van der Waals surface area contributed by atoms with E-state index in [1.54, 1.807) is 6.20 Å². The highest BCUT2D eigenvalue weighted by Crippen LogP contribution is 2.60. The van der Waals surface area contributed by atoms with Crippen LogP contribution in [0, 0.1) is 17.8 Å². The van der Waals surface area contributed by atoms with Crippen molar-refractivity contribution in [2.24, 2.45) is 17.8 Å². The van der Waals surface area contributed by atoms with Gasteiger partial charge in [0.1, 0.15) is 16.7 Å². The fourth-order valence-corrected chi connectivity index (χ4v) is 5.11. The molecule has 4 aliphatic carbocycles. The van der Waals surface area contributed by atoms with E-state index in [0.29, 0.717) is 10.8 Å². The van der Waals surface area contributed by atoms with E-state index in [1.165, 1.54) is 38.5 Å². The monoisotopic (exact) mass is 263 g/mol. The molecule has 0 atom stereocenters. The van der Waals surface area contributed by atoms with Crippen molar-refractivity contribution in [3.63, 3.8) is 0 Å². The predicted octanol–water partition coefficient (Wildman–Crippen LogP) is 3.18. The summed E-state index contributed by atoms with van der Waals surface area (Å²) in [6.07, 6.45) is 9.77. The van der Waals surface area contributed by atoms with Gasteiger partial charge in [0.15, 0.2) is 0 Å². The maximum atomic E-state index is 5.94. The van der Waals surface area contributed by atoms with Crippen LogP contribution in [0.2, 0.25) is 5.02 Å². The van der Waals surface area contributed by atoms with Gasteiger partial charge in [0.05, 0.1) is 6.20 Å². The van der Waals surface area contributed by atoms with Crippen molar-refractivity contribution in [3.05, 3.63) is 17.0 Å². The molecule has 2 N–H and O–H groups in total. The topological polar surface area (TPSA) is 51.8 Å². The summed E-state index contributed by atoms with van der Waals surface area (Å²) in [6.45, 7) is 0. The van der Waals surface area contributed by atoms with Gasteiger partial charge in [0.25, 0.3) is 0 Å². The molecule has 0 radical (unpaired) electrons. The lowest BCUT2D eigenvalue weighted by Crippen LogP contribution is -2.49. The number of nitrogens with zero attached hydrogens (tertiary/aromatic N) is 2. The summed E-state index contributed by atoms with van der Waals surface area (Å²) in [5.41, 5.74) is 6.07. The zero-order valence-corrected chi connectivity index (χ0v) is 11.2. The first kappa shape index (κ1) is 11.0. The molecule has 96 valence electrons. The minimum Gasteiger partial charge on any atom is -0.382 e. The molecule has 0 aromatic carbocycles. The summed E-state index contributed by atoms with van der Waals surface area (Å²) in [5, 5.41) is 0.475. The summed E-state index contributed by atoms with van der Waals surface area (Å²) < 4.78 is 0. The SMILES string of the molecule is Nc1nc(C23CC4CC(CC(C4)C2)C3)ncc1Cl. The van der Waals surface area contributed by atoms with Crippen molar-refractivity contribution in [2.45, 2.75) is 43.9 Å². The Hall–Kier alpha value is -0.830. The third-order valence-corrected chi connectivity index (χ3v) is 5.58. The molecular weight excluding hydrogens is 246 g/mol. The molecule has 4 aliphatic rings. The van der Waals surface area contributed by atoms with Crippen LogP contribution >= 0.6 is 11.6 Å². The first-order valence-corrected chi connectivity index (χ1v) is 7.31. The van der Waals surface area contributed by atoms with Gasteiger partial charge in [-0.15, -0.1) is 0 Å². The molecule has 3 nitrogen and oxygen atoms in total. The molecule has 1 aromatic heterocycles. The molecular formula is C14H18ClN3. The van der Waals surface area contributed by atoms with Crippen LogP contribution in [0.4, 0.5) is 5.82 Å². The second-order valence-corrected chi connectivity index (χ2v) is 7.03. The molecule has 4 heteroatoms. The first-order valence-electron chi connectivity index (χ1n) is 6.93. The lowest BCUT2D eigenvalue weighted by Gasteiger charge is -2.55. The Balaban J connectivity index is 1.76. The van der Waals surface area contributed by atoms with Crippen molar-refractivity contribution in [1.29, 1.82) is 0 Å². The van der Waals surface area contributed by atoms with Crippen LogP contribution in [0.3, 0.4) is 0 Å². The van der Waals surface area contributed by atoms with Gasteiger partial charge in [-0.1, -0.05) is 11.6 Å². The van der Waals surface area contributed by atoms with Gasteiger partial charge < -0.3 is 5.73 Å². The third kappa shape index (κ3) is 1.49. The Morgan fingerprint density at radius 3 is 2.17 bits per heavy atom. The van der Waals surface area contributed by atoms with E-state index in [1.807, 2.05) is 0 Å². The average Bonchev–Trinajstić information content (AvgIpc) is 2.31. The molecule has 1 heterocycles. The molecule has 4 saturated carbocycles. The third-order valence-electron chi connectivity index (χ3n) is 5.28. The van der Waals surface area contributed by atoms with Crippen LogP contribution in [-0.4, -0.2) is 9.97 Å². The minimum atomic E-state index is 0.216. The van der Waals surface area contributed by atoms with E-state index in [0.717, 1.165) is 23.6 Å².